The topological polar surface area (TPSA) is 57.5 Å². The van der Waals surface area contributed by atoms with E-state index in [0.29, 0.717) is 6.42 Å². The number of aliphatic carboxylic acids is 1. The van der Waals surface area contributed by atoms with Crippen molar-refractivity contribution in [3.8, 4) is 0 Å². The molecule has 0 aliphatic carbocycles. The molecule has 0 bridgehead atoms. The molecule has 3 nitrogen and oxygen atoms in total. The van der Waals surface area contributed by atoms with Crippen LogP contribution in [0, 0.1) is 0 Å². The van der Waals surface area contributed by atoms with Crippen molar-refractivity contribution in [1.82, 2.24) is 0 Å². The standard InChI is InChI=1S/C18H34O3/c1-2-3-4-5-6-7-8-9-10-11-14-17(19)15-12-13-16-18(20)21/h12,15,17,19H,2-11,13-14,16H2,1H3,(H,20,21)/b15-12+/t17-/m0/s1. The zero-order chi connectivity index (χ0) is 15.8. The normalized spacial score (nSPS) is 12.9. The molecule has 0 saturated heterocycles. The molecule has 0 spiro atoms. The van der Waals surface area contributed by atoms with Gasteiger partial charge in [0.05, 0.1) is 6.10 Å². The summed E-state index contributed by atoms with van der Waals surface area (Å²) in [6.07, 6.45) is 17.5. The van der Waals surface area contributed by atoms with Crippen LogP contribution in [0.25, 0.3) is 0 Å². The second kappa shape index (κ2) is 15.6. The number of carboxylic acid groups (broad SMARTS) is 1. The lowest BCUT2D eigenvalue weighted by Crippen LogP contribution is -2.01. The van der Waals surface area contributed by atoms with Crippen LogP contribution in [-0.2, 0) is 4.79 Å². The molecule has 0 aromatic carbocycles. The Morgan fingerprint density at radius 3 is 2.00 bits per heavy atom. The van der Waals surface area contributed by atoms with Crippen LogP contribution in [-0.4, -0.2) is 22.3 Å². The minimum Gasteiger partial charge on any atom is -0.481 e. The summed E-state index contributed by atoms with van der Waals surface area (Å²) in [5.41, 5.74) is 0. The van der Waals surface area contributed by atoms with Crippen molar-refractivity contribution in [2.24, 2.45) is 0 Å². The Bertz CT molecular complexity index is 261. The second-order valence-electron chi connectivity index (χ2n) is 5.90. The molecular weight excluding hydrogens is 264 g/mol. The summed E-state index contributed by atoms with van der Waals surface area (Å²) in [6, 6.07) is 0. The molecule has 124 valence electrons. The summed E-state index contributed by atoms with van der Waals surface area (Å²) >= 11 is 0. The molecule has 0 radical (unpaired) electrons. The lowest BCUT2D eigenvalue weighted by atomic mass is 10.0. The first-order chi connectivity index (χ1) is 10.2. The average molecular weight is 298 g/mol. The Labute approximate surface area is 130 Å². The first kappa shape index (κ1) is 20.2. The molecule has 0 saturated carbocycles. The summed E-state index contributed by atoms with van der Waals surface area (Å²) < 4.78 is 0. The van der Waals surface area contributed by atoms with Gasteiger partial charge in [0.1, 0.15) is 0 Å². The van der Waals surface area contributed by atoms with E-state index in [1.165, 1.54) is 57.8 Å². The first-order valence-electron chi connectivity index (χ1n) is 8.73. The molecule has 0 aliphatic heterocycles. The van der Waals surface area contributed by atoms with E-state index in [9.17, 15) is 9.90 Å². The lowest BCUT2D eigenvalue weighted by molar-refractivity contribution is -0.136. The van der Waals surface area contributed by atoms with E-state index in [2.05, 4.69) is 6.92 Å². The predicted octanol–water partition coefficient (Wildman–Crippen LogP) is 5.08. The third-order valence-electron chi connectivity index (χ3n) is 3.74. The van der Waals surface area contributed by atoms with E-state index in [1.807, 2.05) is 0 Å². The lowest BCUT2D eigenvalue weighted by Gasteiger charge is -2.05. The predicted molar refractivity (Wildman–Crippen MR) is 88.5 cm³/mol. The number of aliphatic hydroxyl groups is 1. The maximum Gasteiger partial charge on any atom is 0.303 e. The van der Waals surface area contributed by atoms with Crippen LogP contribution >= 0.6 is 0 Å². The average Bonchev–Trinajstić information content (AvgIpc) is 2.45. The van der Waals surface area contributed by atoms with Gasteiger partial charge in [-0.1, -0.05) is 83.3 Å². The number of hydrogen-bond donors (Lipinski definition) is 2. The van der Waals surface area contributed by atoms with Crippen molar-refractivity contribution >= 4 is 5.97 Å². The molecule has 0 fully saturated rings. The van der Waals surface area contributed by atoms with Crippen LogP contribution in [0.15, 0.2) is 12.2 Å². The monoisotopic (exact) mass is 298 g/mol. The highest BCUT2D eigenvalue weighted by Gasteiger charge is 1.99. The summed E-state index contributed by atoms with van der Waals surface area (Å²) in [5.74, 6) is -0.788. The van der Waals surface area contributed by atoms with Crippen molar-refractivity contribution < 1.29 is 15.0 Å². The highest BCUT2D eigenvalue weighted by molar-refractivity contribution is 5.66. The van der Waals surface area contributed by atoms with E-state index in [1.54, 1.807) is 12.2 Å². The molecule has 0 rings (SSSR count). The smallest absolute Gasteiger partial charge is 0.303 e. The molecule has 21 heavy (non-hydrogen) atoms. The Kier molecular flexibility index (Phi) is 14.9. The summed E-state index contributed by atoms with van der Waals surface area (Å²) in [6.45, 7) is 2.25. The van der Waals surface area contributed by atoms with Gasteiger partial charge in [-0.2, -0.15) is 0 Å². The Balaban J connectivity index is 3.24. The minimum absolute atomic E-state index is 0.140. The number of carbonyl (C=O) groups is 1. The van der Waals surface area contributed by atoms with Crippen LogP contribution in [0.2, 0.25) is 0 Å². The van der Waals surface area contributed by atoms with Crippen molar-refractivity contribution in [2.75, 3.05) is 0 Å². The van der Waals surface area contributed by atoms with Crippen molar-refractivity contribution in [2.45, 2.75) is 96.5 Å². The highest BCUT2D eigenvalue weighted by Crippen LogP contribution is 2.12. The van der Waals surface area contributed by atoms with E-state index in [-0.39, 0.29) is 6.42 Å². The van der Waals surface area contributed by atoms with Crippen LogP contribution in [0.1, 0.15) is 90.4 Å². The van der Waals surface area contributed by atoms with Gasteiger partial charge in [0.2, 0.25) is 0 Å². The molecule has 1 atom stereocenters. The van der Waals surface area contributed by atoms with Gasteiger partial charge in [0, 0.05) is 6.42 Å². The maximum atomic E-state index is 10.3. The summed E-state index contributed by atoms with van der Waals surface area (Å²) in [7, 11) is 0. The van der Waals surface area contributed by atoms with Gasteiger partial charge < -0.3 is 10.2 Å². The summed E-state index contributed by atoms with van der Waals surface area (Å²) in [5, 5.41) is 18.2. The molecule has 0 aromatic heterocycles. The van der Waals surface area contributed by atoms with Gasteiger partial charge in [0.15, 0.2) is 0 Å². The molecule has 0 aliphatic rings. The quantitative estimate of drug-likeness (QED) is 0.327. The van der Waals surface area contributed by atoms with E-state index >= 15 is 0 Å². The fraction of sp³-hybridized carbons (Fsp3) is 0.833. The second-order valence-corrected chi connectivity index (χ2v) is 5.90. The number of hydrogen-bond acceptors (Lipinski definition) is 2. The maximum absolute atomic E-state index is 10.3. The molecule has 0 aromatic rings. The molecule has 0 unspecified atom stereocenters. The van der Waals surface area contributed by atoms with Crippen molar-refractivity contribution in [1.29, 1.82) is 0 Å². The first-order valence-corrected chi connectivity index (χ1v) is 8.73. The molecule has 0 heterocycles. The number of carboxylic acids is 1. The Hall–Kier alpha value is -0.830. The fourth-order valence-corrected chi connectivity index (χ4v) is 2.40. The van der Waals surface area contributed by atoms with E-state index in [4.69, 9.17) is 5.11 Å². The SMILES string of the molecule is CCCCCCCCCCCC[C@H](O)/C=C/CCC(=O)O. The van der Waals surface area contributed by atoms with Crippen LogP contribution in [0.4, 0.5) is 0 Å². The van der Waals surface area contributed by atoms with Gasteiger partial charge in [-0.15, -0.1) is 0 Å². The molecule has 3 heteroatoms. The van der Waals surface area contributed by atoms with Gasteiger partial charge >= 0.3 is 5.97 Å². The van der Waals surface area contributed by atoms with E-state index in [0.717, 1.165) is 12.8 Å². The van der Waals surface area contributed by atoms with Crippen molar-refractivity contribution in [3.05, 3.63) is 12.2 Å². The fourth-order valence-electron chi connectivity index (χ4n) is 2.40. The van der Waals surface area contributed by atoms with Crippen LogP contribution < -0.4 is 0 Å². The molecular formula is C18H34O3. The molecule has 2 N–H and O–H groups in total. The summed E-state index contributed by atoms with van der Waals surface area (Å²) in [4.78, 5) is 10.3. The number of allylic oxidation sites excluding steroid dienone is 1. The third kappa shape index (κ3) is 17.1. The van der Waals surface area contributed by atoms with Crippen LogP contribution in [0.5, 0.6) is 0 Å². The zero-order valence-electron chi connectivity index (χ0n) is 13.7. The largest absolute Gasteiger partial charge is 0.481 e. The van der Waals surface area contributed by atoms with Gasteiger partial charge in [-0.05, 0) is 12.8 Å². The highest BCUT2D eigenvalue weighted by atomic mass is 16.4. The van der Waals surface area contributed by atoms with Gasteiger partial charge in [0.25, 0.3) is 0 Å². The third-order valence-corrected chi connectivity index (χ3v) is 3.74. The zero-order valence-corrected chi connectivity index (χ0v) is 13.7. The number of rotatable bonds is 15. The Morgan fingerprint density at radius 1 is 0.952 bits per heavy atom. The number of unbranched alkanes of at least 4 members (excludes halogenated alkanes) is 9. The number of aliphatic hydroxyl groups excluding tert-OH is 1. The molecule has 0 amide bonds. The van der Waals surface area contributed by atoms with Crippen molar-refractivity contribution in [3.63, 3.8) is 0 Å². The van der Waals surface area contributed by atoms with Crippen LogP contribution in [0.3, 0.4) is 0 Å². The van der Waals surface area contributed by atoms with Gasteiger partial charge in [-0.3, -0.25) is 4.79 Å². The van der Waals surface area contributed by atoms with E-state index < -0.39 is 12.1 Å². The van der Waals surface area contributed by atoms with Gasteiger partial charge in [-0.25, -0.2) is 0 Å². The minimum atomic E-state index is -0.788. The Morgan fingerprint density at radius 2 is 1.48 bits per heavy atom.